The van der Waals surface area contributed by atoms with Crippen molar-refractivity contribution in [1.29, 1.82) is 0 Å². The molecule has 0 amide bonds. The topological polar surface area (TPSA) is 43.4 Å². The van der Waals surface area contributed by atoms with Crippen molar-refractivity contribution >= 4 is 12.1 Å². The number of hydrogen-bond donors (Lipinski definition) is 0. The number of benzene rings is 1. The summed E-state index contributed by atoms with van der Waals surface area (Å²) in [7, 11) is 1.54. The lowest BCUT2D eigenvalue weighted by molar-refractivity contribution is -0.107. The van der Waals surface area contributed by atoms with Gasteiger partial charge in [0.05, 0.1) is 12.7 Å². The fourth-order valence-electron chi connectivity index (χ4n) is 1.36. The van der Waals surface area contributed by atoms with Gasteiger partial charge in [-0.3, -0.25) is 4.79 Å². The lowest BCUT2D eigenvalue weighted by atomic mass is 10.0. The van der Waals surface area contributed by atoms with Crippen molar-refractivity contribution in [2.75, 3.05) is 7.11 Å². The molecule has 1 aromatic rings. The Hall–Kier alpha value is -1.64. The zero-order valence-corrected chi connectivity index (χ0v) is 8.73. The second-order valence-corrected chi connectivity index (χ2v) is 3.18. The van der Waals surface area contributed by atoms with Gasteiger partial charge in [-0.05, 0) is 18.6 Å². The fourth-order valence-corrected chi connectivity index (χ4v) is 1.36. The molecule has 0 aromatic heterocycles. The Morgan fingerprint density at radius 3 is 2.80 bits per heavy atom. The smallest absolute Gasteiger partial charge is 0.166 e. The maximum atomic E-state index is 11.7. The van der Waals surface area contributed by atoms with Crippen LogP contribution >= 0.6 is 0 Å². The Labute approximate surface area is 89.1 Å². The van der Waals surface area contributed by atoms with E-state index in [-0.39, 0.29) is 5.78 Å². The highest BCUT2D eigenvalue weighted by atomic mass is 16.5. The van der Waals surface area contributed by atoms with Crippen LogP contribution in [0.1, 0.15) is 29.6 Å². The summed E-state index contributed by atoms with van der Waals surface area (Å²) in [4.78, 5) is 21.8. The van der Waals surface area contributed by atoms with Gasteiger partial charge in [-0.25, -0.2) is 0 Å². The molecule has 0 saturated heterocycles. The molecule has 0 unspecified atom stereocenters. The van der Waals surface area contributed by atoms with Crippen LogP contribution in [0.2, 0.25) is 0 Å². The van der Waals surface area contributed by atoms with Crippen LogP contribution in [0, 0.1) is 0 Å². The molecule has 15 heavy (non-hydrogen) atoms. The Morgan fingerprint density at radius 2 is 2.13 bits per heavy atom. The van der Waals surface area contributed by atoms with E-state index in [4.69, 9.17) is 4.74 Å². The summed E-state index contributed by atoms with van der Waals surface area (Å²) in [6.45, 7) is 0. The Kier molecular flexibility index (Phi) is 4.54. The minimum absolute atomic E-state index is 0.0225. The van der Waals surface area contributed by atoms with Gasteiger partial charge in [0, 0.05) is 12.8 Å². The van der Waals surface area contributed by atoms with Crippen LogP contribution in [-0.4, -0.2) is 19.2 Å². The molecule has 0 aliphatic carbocycles. The molecular weight excluding hydrogens is 192 g/mol. The van der Waals surface area contributed by atoms with Gasteiger partial charge < -0.3 is 9.53 Å². The van der Waals surface area contributed by atoms with Crippen LogP contribution < -0.4 is 4.74 Å². The first-order chi connectivity index (χ1) is 7.29. The number of carbonyl (C=O) groups excluding carboxylic acids is 2. The molecular formula is C12H14O3. The molecule has 3 heteroatoms. The number of methoxy groups -OCH3 is 1. The molecule has 3 nitrogen and oxygen atoms in total. The molecule has 80 valence electrons. The SMILES string of the molecule is COc1ccccc1C(=O)CCCC=O. The summed E-state index contributed by atoms with van der Waals surface area (Å²) < 4.78 is 5.08. The van der Waals surface area contributed by atoms with E-state index >= 15 is 0 Å². The standard InChI is InChI=1S/C12H14O3/c1-15-12-8-3-2-6-10(12)11(14)7-4-5-9-13/h2-3,6,8-9H,4-5,7H2,1H3. The Bertz CT molecular complexity index is 344. The van der Waals surface area contributed by atoms with Gasteiger partial charge in [0.2, 0.25) is 0 Å². The number of aldehydes is 1. The van der Waals surface area contributed by atoms with Crippen molar-refractivity contribution in [3.63, 3.8) is 0 Å². The molecule has 0 aliphatic heterocycles. The van der Waals surface area contributed by atoms with E-state index in [0.29, 0.717) is 30.6 Å². The first-order valence-corrected chi connectivity index (χ1v) is 4.89. The number of para-hydroxylation sites is 1. The molecule has 0 radical (unpaired) electrons. The van der Waals surface area contributed by atoms with Crippen LogP contribution in [0.15, 0.2) is 24.3 Å². The second kappa shape index (κ2) is 5.96. The van der Waals surface area contributed by atoms with E-state index < -0.39 is 0 Å². The summed E-state index contributed by atoms with van der Waals surface area (Å²) in [6.07, 6.45) is 2.25. The Morgan fingerprint density at radius 1 is 1.40 bits per heavy atom. The lowest BCUT2D eigenvalue weighted by Crippen LogP contribution is -2.01. The fraction of sp³-hybridized carbons (Fsp3) is 0.333. The predicted octanol–water partition coefficient (Wildman–Crippen LogP) is 2.25. The Balaban J connectivity index is 2.68. The van der Waals surface area contributed by atoms with E-state index in [9.17, 15) is 9.59 Å². The zero-order valence-electron chi connectivity index (χ0n) is 8.73. The molecule has 0 fully saturated rings. The third kappa shape index (κ3) is 3.20. The highest BCUT2D eigenvalue weighted by Crippen LogP contribution is 2.19. The average molecular weight is 206 g/mol. The monoisotopic (exact) mass is 206 g/mol. The van der Waals surface area contributed by atoms with E-state index in [1.807, 2.05) is 6.07 Å². The van der Waals surface area contributed by atoms with Gasteiger partial charge in [0.15, 0.2) is 5.78 Å². The highest BCUT2D eigenvalue weighted by molar-refractivity contribution is 5.98. The molecule has 0 spiro atoms. The van der Waals surface area contributed by atoms with Crippen molar-refractivity contribution < 1.29 is 14.3 Å². The molecule has 1 aromatic carbocycles. The highest BCUT2D eigenvalue weighted by Gasteiger charge is 2.10. The third-order valence-electron chi connectivity index (χ3n) is 2.13. The van der Waals surface area contributed by atoms with E-state index in [1.54, 1.807) is 18.2 Å². The minimum atomic E-state index is 0.0225. The number of rotatable bonds is 6. The zero-order chi connectivity index (χ0) is 11.1. The molecule has 0 saturated carbocycles. The number of hydrogen-bond acceptors (Lipinski definition) is 3. The van der Waals surface area contributed by atoms with Crippen molar-refractivity contribution in [2.45, 2.75) is 19.3 Å². The quantitative estimate of drug-likeness (QED) is 0.407. The number of unbranched alkanes of at least 4 members (excludes halogenated alkanes) is 1. The normalized spacial score (nSPS) is 9.67. The van der Waals surface area contributed by atoms with Crippen molar-refractivity contribution in [3.8, 4) is 5.75 Å². The van der Waals surface area contributed by atoms with Gasteiger partial charge in [-0.2, -0.15) is 0 Å². The molecule has 0 atom stereocenters. The summed E-state index contributed by atoms with van der Waals surface area (Å²) >= 11 is 0. The molecule has 0 N–H and O–H groups in total. The van der Waals surface area contributed by atoms with E-state index in [1.165, 1.54) is 7.11 Å². The van der Waals surface area contributed by atoms with Crippen LogP contribution in [-0.2, 0) is 4.79 Å². The summed E-state index contributed by atoms with van der Waals surface area (Å²) in [6, 6.07) is 7.12. The average Bonchev–Trinajstić information content (AvgIpc) is 2.29. The maximum absolute atomic E-state index is 11.7. The summed E-state index contributed by atoms with van der Waals surface area (Å²) in [5.74, 6) is 0.614. The van der Waals surface area contributed by atoms with E-state index in [0.717, 1.165) is 6.29 Å². The molecule has 0 bridgehead atoms. The van der Waals surface area contributed by atoms with Gasteiger partial charge in [0.1, 0.15) is 12.0 Å². The van der Waals surface area contributed by atoms with E-state index in [2.05, 4.69) is 0 Å². The summed E-state index contributed by atoms with van der Waals surface area (Å²) in [5, 5.41) is 0. The molecule has 0 heterocycles. The minimum Gasteiger partial charge on any atom is -0.496 e. The van der Waals surface area contributed by atoms with Crippen LogP contribution in [0.5, 0.6) is 5.75 Å². The molecule has 1 rings (SSSR count). The van der Waals surface area contributed by atoms with Crippen LogP contribution in [0.25, 0.3) is 0 Å². The first-order valence-electron chi connectivity index (χ1n) is 4.89. The number of ketones is 1. The summed E-state index contributed by atoms with van der Waals surface area (Å²) in [5.41, 5.74) is 0.589. The molecule has 0 aliphatic rings. The van der Waals surface area contributed by atoms with Gasteiger partial charge >= 0.3 is 0 Å². The predicted molar refractivity (Wildman–Crippen MR) is 57.2 cm³/mol. The maximum Gasteiger partial charge on any atom is 0.166 e. The van der Waals surface area contributed by atoms with Crippen molar-refractivity contribution in [1.82, 2.24) is 0 Å². The third-order valence-corrected chi connectivity index (χ3v) is 2.13. The first kappa shape index (κ1) is 11.4. The number of Topliss-reactive ketones (excluding diaryl/α,β-unsaturated/α-hetero) is 1. The van der Waals surface area contributed by atoms with Gasteiger partial charge in [-0.15, -0.1) is 0 Å². The van der Waals surface area contributed by atoms with Crippen molar-refractivity contribution in [3.05, 3.63) is 29.8 Å². The van der Waals surface area contributed by atoms with Crippen LogP contribution in [0.4, 0.5) is 0 Å². The lowest BCUT2D eigenvalue weighted by Gasteiger charge is -2.06. The van der Waals surface area contributed by atoms with Gasteiger partial charge in [0.25, 0.3) is 0 Å². The number of carbonyl (C=O) groups is 2. The largest absolute Gasteiger partial charge is 0.496 e. The van der Waals surface area contributed by atoms with Crippen molar-refractivity contribution in [2.24, 2.45) is 0 Å². The van der Waals surface area contributed by atoms with Crippen LogP contribution in [0.3, 0.4) is 0 Å². The number of ether oxygens (including phenoxy) is 1. The second-order valence-electron chi connectivity index (χ2n) is 3.18. The van der Waals surface area contributed by atoms with Gasteiger partial charge in [-0.1, -0.05) is 12.1 Å².